The molecule has 5 unspecified atom stereocenters. The van der Waals surface area contributed by atoms with E-state index in [4.69, 9.17) is 5.73 Å². The number of nitrogens with two attached hydrogens (primary N) is 1. The Morgan fingerprint density at radius 2 is 1.85 bits per heavy atom. The second-order valence-electron chi connectivity index (χ2n) is 5.52. The first kappa shape index (κ1) is 17.5. The Bertz CT molecular complexity index is 344. The summed E-state index contributed by atoms with van der Waals surface area (Å²) in [7, 11) is 0. The third-order valence-corrected chi connectivity index (χ3v) is 3.98. The van der Waals surface area contributed by atoms with E-state index >= 15 is 0 Å². The number of hydrogen-bond donors (Lipinski definition) is 3. The van der Waals surface area contributed by atoms with Crippen molar-refractivity contribution in [3.63, 3.8) is 0 Å². The van der Waals surface area contributed by atoms with Gasteiger partial charge in [-0.2, -0.15) is 13.2 Å². The van der Waals surface area contributed by atoms with Gasteiger partial charge in [-0.3, -0.25) is 0 Å². The third kappa shape index (κ3) is 3.74. The van der Waals surface area contributed by atoms with Crippen molar-refractivity contribution >= 4 is 0 Å². The van der Waals surface area contributed by atoms with E-state index in [0.29, 0.717) is 24.8 Å². The Morgan fingerprint density at radius 3 is 2.30 bits per heavy atom. The van der Waals surface area contributed by atoms with Crippen LogP contribution in [0, 0.1) is 11.8 Å². The van der Waals surface area contributed by atoms with Crippen molar-refractivity contribution in [2.75, 3.05) is 0 Å². The molecule has 1 aliphatic carbocycles. The Labute approximate surface area is 117 Å². The average Bonchev–Trinajstić information content (AvgIpc) is 2.36. The van der Waals surface area contributed by atoms with Gasteiger partial charge in [0.25, 0.3) is 0 Å². The molecule has 0 heterocycles. The Hall–Kier alpha value is -0.590. The lowest BCUT2D eigenvalue weighted by molar-refractivity contribution is -0.169. The minimum absolute atomic E-state index is 0.477. The lowest BCUT2D eigenvalue weighted by Crippen LogP contribution is -2.53. The maximum atomic E-state index is 12.8. The van der Waals surface area contributed by atoms with E-state index in [9.17, 15) is 23.4 Å². The number of halogens is 3. The standard InChI is InChI=1S/C14H24F3NO2/c1-3-5-8-7-10(13(18)14(15,16)17)12(20)9(6-4-2)11(8)19/h7,9-13,19-20H,3-6,18H2,1-2H3. The molecule has 6 heteroatoms. The molecule has 4 N–H and O–H groups in total. The molecule has 20 heavy (non-hydrogen) atoms. The molecule has 0 amide bonds. The zero-order chi connectivity index (χ0) is 15.5. The van der Waals surface area contributed by atoms with Gasteiger partial charge in [-0.25, -0.2) is 0 Å². The summed E-state index contributed by atoms with van der Waals surface area (Å²) in [6.45, 7) is 3.77. The van der Waals surface area contributed by atoms with Crippen LogP contribution in [0.4, 0.5) is 13.2 Å². The van der Waals surface area contributed by atoms with Gasteiger partial charge >= 0.3 is 6.18 Å². The topological polar surface area (TPSA) is 66.5 Å². The summed E-state index contributed by atoms with van der Waals surface area (Å²) in [5, 5.41) is 20.4. The summed E-state index contributed by atoms with van der Waals surface area (Å²) in [5.41, 5.74) is 5.84. The Morgan fingerprint density at radius 1 is 1.25 bits per heavy atom. The number of aliphatic hydroxyl groups is 2. The van der Waals surface area contributed by atoms with Crippen molar-refractivity contribution in [3.05, 3.63) is 11.6 Å². The zero-order valence-electron chi connectivity index (χ0n) is 11.9. The van der Waals surface area contributed by atoms with E-state index < -0.39 is 36.3 Å². The fourth-order valence-corrected chi connectivity index (χ4v) is 2.91. The Kier molecular flexibility index (Phi) is 6.04. The van der Waals surface area contributed by atoms with Gasteiger partial charge in [0, 0.05) is 11.8 Å². The highest BCUT2D eigenvalue weighted by Crippen LogP contribution is 2.38. The van der Waals surface area contributed by atoms with Crippen molar-refractivity contribution < 1.29 is 23.4 Å². The Balaban J connectivity index is 3.08. The molecule has 0 aromatic rings. The fourth-order valence-electron chi connectivity index (χ4n) is 2.91. The van der Waals surface area contributed by atoms with Crippen molar-refractivity contribution in [3.8, 4) is 0 Å². The van der Waals surface area contributed by atoms with Crippen molar-refractivity contribution in [2.45, 2.75) is 64.0 Å². The molecule has 3 nitrogen and oxygen atoms in total. The quantitative estimate of drug-likeness (QED) is 0.682. The molecule has 0 aromatic heterocycles. The highest BCUT2D eigenvalue weighted by atomic mass is 19.4. The molecule has 0 spiro atoms. The van der Waals surface area contributed by atoms with Crippen LogP contribution in [0.1, 0.15) is 39.5 Å². The maximum Gasteiger partial charge on any atom is 0.404 e. The van der Waals surface area contributed by atoms with Gasteiger partial charge in [-0.15, -0.1) is 0 Å². The molecule has 118 valence electrons. The van der Waals surface area contributed by atoms with Gasteiger partial charge in [-0.05, 0) is 18.4 Å². The van der Waals surface area contributed by atoms with Crippen LogP contribution in [-0.4, -0.2) is 34.6 Å². The monoisotopic (exact) mass is 295 g/mol. The lowest BCUT2D eigenvalue weighted by Gasteiger charge is -2.40. The first-order valence-corrected chi connectivity index (χ1v) is 7.13. The first-order valence-electron chi connectivity index (χ1n) is 7.13. The summed E-state index contributed by atoms with van der Waals surface area (Å²) in [6, 6.07) is -2.10. The van der Waals surface area contributed by atoms with Gasteiger partial charge < -0.3 is 15.9 Å². The second kappa shape index (κ2) is 6.91. The van der Waals surface area contributed by atoms with Crippen LogP contribution < -0.4 is 5.73 Å². The molecule has 0 fully saturated rings. The van der Waals surface area contributed by atoms with Crippen LogP contribution in [-0.2, 0) is 0 Å². The van der Waals surface area contributed by atoms with E-state index in [1.54, 1.807) is 0 Å². The predicted octanol–water partition coefficient (Wildman–Crippen LogP) is 2.37. The SMILES string of the molecule is CCCC1=CC(C(N)C(F)(F)F)C(O)C(CCC)C1O. The molecular formula is C14H24F3NO2. The van der Waals surface area contributed by atoms with Crippen LogP contribution in [0.25, 0.3) is 0 Å². The number of rotatable bonds is 5. The minimum atomic E-state index is -4.56. The molecule has 0 bridgehead atoms. The van der Waals surface area contributed by atoms with Gasteiger partial charge in [0.05, 0.1) is 12.2 Å². The average molecular weight is 295 g/mol. The minimum Gasteiger partial charge on any atom is -0.392 e. The van der Waals surface area contributed by atoms with Crippen LogP contribution in [0.2, 0.25) is 0 Å². The van der Waals surface area contributed by atoms with Crippen molar-refractivity contribution in [1.29, 1.82) is 0 Å². The lowest BCUT2D eigenvalue weighted by atomic mass is 9.72. The van der Waals surface area contributed by atoms with Gasteiger partial charge in [0.1, 0.15) is 6.04 Å². The van der Waals surface area contributed by atoms with E-state index in [2.05, 4.69) is 0 Å². The second-order valence-corrected chi connectivity index (χ2v) is 5.52. The first-order chi connectivity index (χ1) is 9.23. The summed E-state index contributed by atoms with van der Waals surface area (Å²) >= 11 is 0. The van der Waals surface area contributed by atoms with Gasteiger partial charge in [0.15, 0.2) is 0 Å². The molecule has 0 saturated heterocycles. The zero-order valence-corrected chi connectivity index (χ0v) is 11.9. The molecule has 1 aliphatic rings. The van der Waals surface area contributed by atoms with Crippen LogP contribution in [0.3, 0.4) is 0 Å². The normalized spacial score (nSPS) is 32.9. The van der Waals surface area contributed by atoms with E-state index in [1.165, 1.54) is 6.08 Å². The molecular weight excluding hydrogens is 271 g/mol. The van der Waals surface area contributed by atoms with E-state index in [-0.39, 0.29) is 0 Å². The molecule has 0 aliphatic heterocycles. The fraction of sp³-hybridized carbons (Fsp3) is 0.857. The van der Waals surface area contributed by atoms with Crippen LogP contribution in [0.15, 0.2) is 11.6 Å². The van der Waals surface area contributed by atoms with E-state index in [0.717, 1.165) is 6.42 Å². The van der Waals surface area contributed by atoms with Crippen LogP contribution >= 0.6 is 0 Å². The molecule has 1 rings (SSSR count). The van der Waals surface area contributed by atoms with Crippen molar-refractivity contribution in [1.82, 2.24) is 0 Å². The third-order valence-electron chi connectivity index (χ3n) is 3.98. The molecule has 0 saturated carbocycles. The van der Waals surface area contributed by atoms with E-state index in [1.807, 2.05) is 13.8 Å². The summed E-state index contributed by atoms with van der Waals surface area (Å²) in [4.78, 5) is 0. The number of hydrogen-bond acceptors (Lipinski definition) is 3. The summed E-state index contributed by atoms with van der Waals surface area (Å²) in [5.74, 6) is -1.76. The smallest absolute Gasteiger partial charge is 0.392 e. The molecule has 0 aromatic carbocycles. The van der Waals surface area contributed by atoms with Crippen LogP contribution in [0.5, 0.6) is 0 Å². The molecule has 0 radical (unpaired) electrons. The number of aliphatic hydroxyl groups excluding tert-OH is 2. The summed E-state index contributed by atoms with van der Waals surface area (Å²) < 4.78 is 38.4. The maximum absolute atomic E-state index is 12.8. The van der Waals surface area contributed by atoms with Gasteiger partial charge in [-0.1, -0.05) is 32.8 Å². The highest BCUT2D eigenvalue weighted by molar-refractivity contribution is 5.20. The largest absolute Gasteiger partial charge is 0.404 e. The number of alkyl halides is 3. The molecule has 5 atom stereocenters. The van der Waals surface area contributed by atoms with Gasteiger partial charge in [0.2, 0.25) is 0 Å². The summed E-state index contributed by atoms with van der Waals surface area (Å²) in [6.07, 6.45) is -2.94. The highest BCUT2D eigenvalue weighted by Gasteiger charge is 2.48. The van der Waals surface area contributed by atoms with Crippen molar-refractivity contribution in [2.24, 2.45) is 17.6 Å². The predicted molar refractivity (Wildman–Crippen MR) is 70.9 cm³/mol.